The van der Waals surface area contributed by atoms with Crippen LogP contribution in [0.1, 0.15) is 5.56 Å². The average Bonchev–Trinajstić information content (AvgIpc) is 2.33. The minimum Gasteiger partial charge on any atom is -0.350 e. The molecule has 0 radical (unpaired) electrons. The number of benzene rings is 1. The maximum absolute atomic E-state index is 12.9. The molecule has 0 unspecified atom stereocenters. The predicted molar refractivity (Wildman–Crippen MR) is 60.7 cm³/mol. The van der Waals surface area contributed by atoms with Crippen LogP contribution in [0.3, 0.4) is 0 Å². The Labute approximate surface area is 101 Å². The Morgan fingerprint density at radius 1 is 1.18 bits per heavy atom. The lowest BCUT2D eigenvalue weighted by Gasteiger charge is -2.05. The van der Waals surface area contributed by atoms with Gasteiger partial charge >= 0.3 is 0 Å². The number of nitrogens with zero attached hydrogens (tertiary/aromatic N) is 2. The van der Waals surface area contributed by atoms with Crippen LogP contribution < -0.4 is 5.32 Å². The van der Waals surface area contributed by atoms with E-state index in [-0.39, 0.29) is 5.02 Å². The smallest absolute Gasteiger partial charge is 0.223 e. The highest BCUT2D eigenvalue weighted by Crippen LogP contribution is 2.16. The van der Waals surface area contributed by atoms with E-state index in [0.717, 1.165) is 18.0 Å². The SMILES string of the molecule is Fc1cnc(NCc2ccc(F)c(Cl)c2)nc1. The first-order valence-electron chi connectivity index (χ1n) is 4.80. The van der Waals surface area contributed by atoms with Gasteiger partial charge in [-0.25, -0.2) is 18.7 Å². The molecule has 1 aromatic carbocycles. The van der Waals surface area contributed by atoms with Gasteiger partial charge in [-0.15, -0.1) is 0 Å². The number of halogens is 3. The van der Waals surface area contributed by atoms with Gasteiger partial charge in [0.25, 0.3) is 0 Å². The molecule has 0 aliphatic carbocycles. The van der Waals surface area contributed by atoms with E-state index < -0.39 is 11.6 Å². The monoisotopic (exact) mass is 255 g/mol. The first-order chi connectivity index (χ1) is 8.15. The van der Waals surface area contributed by atoms with Crippen molar-refractivity contribution in [3.05, 3.63) is 52.8 Å². The lowest BCUT2D eigenvalue weighted by atomic mass is 10.2. The molecular formula is C11H8ClF2N3. The molecule has 2 aromatic rings. The van der Waals surface area contributed by atoms with Crippen molar-refractivity contribution in [1.29, 1.82) is 0 Å². The van der Waals surface area contributed by atoms with Crippen molar-refractivity contribution in [3.8, 4) is 0 Å². The Morgan fingerprint density at radius 2 is 1.88 bits per heavy atom. The van der Waals surface area contributed by atoms with E-state index in [9.17, 15) is 8.78 Å². The third-order valence-electron chi connectivity index (χ3n) is 2.05. The van der Waals surface area contributed by atoms with E-state index in [1.807, 2.05) is 0 Å². The van der Waals surface area contributed by atoms with Crippen LogP contribution in [0.5, 0.6) is 0 Å². The largest absolute Gasteiger partial charge is 0.350 e. The molecule has 88 valence electrons. The zero-order valence-corrected chi connectivity index (χ0v) is 9.38. The van der Waals surface area contributed by atoms with E-state index in [0.29, 0.717) is 12.5 Å². The molecule has 0 aliphatic rings. The van der Waals surface area contributed by atoms with E-state index in [2.05, 4.69) is 15.3 Å². The van der Waals surface area contributed by atoms with Crippen molar-refractivity contribution in [1.82, 2.24) is 9.97 Å². The van der Waals surface area contributed by atoms with E-state index >= 15 is 0 Å². The lowest BCUT2D eigenvalue weighted by Crippen LogP contribution is -2.03. The van der Waals surface area contributed by atoms with Crippen molar-refractivity contribution in [2.45, 2.75) is 6.54 Å². The molecule has 0 saturated heterocycles. The molecular weight excluding hydrogens is 248 g/mol. The van der Waals surface area contributed by atoms with Gasteiger partial charge in [0.2, 0.25) is 5.95 Å². The lowest BCUT2D eigenvalue weighted by molar-refractivity contribution is 0.614. The molecule has 0 saturated carbocycles. The number of hydrogen-bond acceptors (Lipinski definition) is 3. The van der Waals surface area contributed by atoms with Crippen LogP contribution in [-0.4, -0.2) is 9.97 Å². The van der Waals surface area contributed by atoms with Gasteiger partial charge in [-0.2, -0.15) is 0 Å². The second-order valence-electron chi connectivity index (χ2n) is 3.33. The van der Waals surface area contributed by atoms with Crippen LogP contribution in [0.2, 0.25) is 5.02 Å². The van der Waals surface area contributed by atoms with Gasteiger partial charge in [-0.05, 0) is 17.7 Å². The van der Waals surface area contributed by atoms with Crippen molar-refractivity contribution in [2.75, 3.05) is 5.32 Å². The number of anilines is 1. The third kappa shape index (κ3) is 3.10. The van der Waals surface area contributed by atoms with Gasteiger partial charge in [-0.1, -0.05) is 17.7 Å². The molecule has 3 nitrogen and oxygen atoms in total. The topological polar surface area (TPSA) is 37.8 Å². The van der Waals surface area contributed by atoms with Crippen LogP contribution in [0.15, 0.2) is 30.6 Å². The van der Waals surface area contributed by atoms with Gasteiger partial charge in [0.15, 0.2) is 5.82 Å². The summed E-state index contributed by atoms with van der Waals surface area (Å²) in [5.41, 5.74) is 0.782. The Kier molecular flexibility index (Phi) is 3.49. The summed E-state index contributed by atoms with van der Waals surface area (Å²) in [4.78, 5) is 7.46. The molecule has 1 aromatic heterocycles. The van der Waals surface area contributed by atoms with Gasteiger partial charge in [0, 0.05) is 6.54 Å². The molecule has 1 heterocycles. The Hall–Kier alpha value is -1.75. The zero-order chi connectivity index (χ0) is 12.3. The van der Waals surface area contributed by atoms with Crippen LogP contribution in [0.25, 0.3) is 0 Å². The Balaban J connectivity index is 2.02. The first-order valence-corrected chi connectivity index (χ1v) is 5.18. The van der Waals surface area contributed by atoms with Crippen molar-refractivity contribution >= 4 is 17.5 Å². The van der Waals surface area contributed by atoms with Gasteiger partial charge in [0.05, 0.1) is 17.4 Å². The molecule has 0 fully saturated rings. The fraction of sp³-hybridized carbons (Fsp3) is 0.0909. The van der Waals surface area contributed by atoms with Gasteiger partial charge in [-0.3, -0.25) is 0 Å². The van der Waals surface area contributed by atoms with Gasteiger partial charge in [0.1, 0.15) is 5.82 Å². The number of aromatic nitrogens is 2. The van der Waals surface area contributed by atoms with Crippen LogP contribution >= 0.6 is 11.6 Å². The van der Waals surface area contributed by atoms with Crippen molar-refractivity contribution < 1.29 is 8.78 Å². The number of rotatable bonds is 3. The van der Waals surface area contributed by atoms with Gasteiger partial charge < -0.3 is 5.32 Å². The minimum atomic E-state index is -0.500. The highest BCUT2D eigenvalue weighted by Gasteiger charge is 2.01. The summed E-state index contributed by atoms with van der Waals surface area (Å²) in [6, 6.07) is 4.38. The van der Waals surface area contributed by atoms with E-state index in [4.69, 9.17) is 11.6 Å². The third-order valence-corrected chi connectivity index (χ3v) is 2.34. The summed E-state index contributed by atoms with van der Waals surface area (Å²) in [5, 5.41) is 2.92. The predicted octanol–water partition coefficient (Wildman–Crippen LogP) is 3.02. The second-order valence-corrected chi connectivity index (χ2v) is 3.73. The standard InChI is InChI=1S/C11H8ClF2N3/c12-9-3-7(1-2-10(9)14)4-15-11-16-5-8(13)6-17-11/h1-3,5-6H,4H2,(H,15,16,17). The maximum atomic E-state index is 12.9. The van der Waals surface area contributed by atoms with Crippen LogP contribution in [0, 0.1) is 11.6 Å². The molecule has 0 spiro atoms. The Bertz CT molecular complexity index is 517. The molecule has 0 bridgehead atoms. The number of hydrogen-bond donors (Lipinski definition) is 1. The quantitative estimate of drug-likeness (QED) is 0.916. The van der Waals surface area contributed by atoms with Crippen LogP contribution in [0.4, 0.5) is 14.7 Å². The fourth-order valence-corrected chi connectivity index (χ4v) is 1.44. The van der Waals surface area contributed by atoms with Crippen molar-refractivity contribution in [2.24, 2.45) is 0 Å². The van der Waals surface area contributed by atoms with E-state index in [1.165, 1.54) is 12.1 Å². The summed E-state index contributed by atoms with van der Waals surface area (Å²) in [5.74, 6) is -0.666. The molecule has 6 heteroatoms. The molecule has 0 aliphatic heterocycles. The molecule has 1 N–H and O–H groups in total. The summed E-state index contributed by atoms with van der Waals surface area (Å²) in [6.45, 7) is 0.381. The maximum Gasteiger partial charge on any atom is 0.223 e. The average molecular weight is 256 g/mol. The second kappa shape index (κ2) is 5.05. The summed E-state index contributed by atoms with van der Waals surface area (Å²) < 4.78 is 25.4. The normalized spacial score (nSPS) is 10.3. The molecule has 17 heavy (non-hydrogen) atoms. The van der Waals surface area contributed by atoms with Crippen LogP contribution in [-0.2, 0) is 6.54 Å². The first kappa shape index (κ1) is 11.7. The zero-order valence-electron chi connectivity index (χ0n) is 8.62. The highest BCUT2D eigenvalue weighted by atomic mass is 35.5. The highest BCUT2D eigenvalue weighted by molar-refractivity contribution is 6.30. The molecule has 2 rings (SSSR count). The summed E-state index contributed by atoms with van der Waals surface area (Å²) in [6.07, 6.45) is 2.12. The fourth-order valence-electron chi connectivity index (χ4n) is 1.23. The molecule has 0 atom stereocenters. The van der Waals surface area contributed by atoms with E-state index in [1.54, 1.807) is 6.07 Å². The Morgan fingerprint density at radius 3 is 2.53 bits per heavy atom. The minimum absolute atomic E-state index is 0.0596. The number of nitrogens with one attached hydrogen (secondary N) is 1. The summed E-state index contributed by atoms with van der Waals surface area (Å²) >= 11 is 5.63. The van der Waals surface area contributed by atoms with Crippen molar-refractivity contribution in [3.63, 3.8) is 0 Å². The summed E-state index contributed by atoms with van der Waals surface area (Å²) in [7, 11) is 0. The molecule has 0 amide bonds.